The number of hydrogen-bond acceptors (Lipinski definition) is 3. The number of rotatable bonds is 4. The maximum Gasteiger partial charge on any atom is 0.119 e. The first-order chi connectivity index (χ1) is 10.8. The van der Waals surface area contributed by atoms with Crippen LogP contribution in [-0.4, -0.2) is 10.8 Å². The number of aromatic nitrogens is 1. The van der Waals surface area contributed by atoms with Gasteiger partial charge >= 0.3 is 0 Å². The molecule has 22 heavy (non-hydrogen) atoms. The zero-order valence-electron chi connectivity index (χ0n) is 11.9. The summed E-state index contributed by atoms with van der Waals surface area (Å²) in [6, 6.07) is 23.8. The molecule has 0 atom stereocenters. The van der Waals surface area contributed by atoms with Crippen LogP contribution in [0.15, 0.2) is 84.1 Å². The van der Waals surface area contributed by atoms with Crippen molar-refractivity contribution in [1.29, 1.82) is 0 Å². The first kappa shape index (κ1) is 14.2. The lowest BCUT2D eigenvalue weighted by Crippen LogP contribution is -2.00. The Kier molecular flexibility index (Phi) is 4.41. The molecule has 3 aromatic rings. The van der Waals surface area contributed by atoms with Crippen molar-refractivity contribution >= 4 is 24.1 Å². The van der Waals surface area contributed by atoms with Gasteiger partial charge in [0.05, 0.1) is 11.9 Å². The Hall–Kier alpha value is -2.72. The van der Waals surface area contributed by atoms with Crippen LogP contribution < -0.4 is 5.43 Å². The summed E-state index contributed by atoms with van der Waals surface area (Å²) in [5, 5.41) is 4.25. The van der Waals surface area contributed by atoms with Gasteiger partial charge in [-0.1, -0.05) is 48.6 Å². The summed E-state index contributed by atoms with van der Waals surface area (Å²) in [5.41, 5.74) is 5.87. The van der Waals surface area contributed by atoms with Crippen LogP contribution >= 0.6 is 12.2 Å². The largest absolute Gasteiger partial charge is 0.308 e. The van der Waals surface area contributed by atoms with E-state index in [1.165, 1.54) is 0 Å². The highest BCUT2D eigenvalue weighted by Crippen LogP contribution is 2.11. The molecule has 1 heterocycles. The molecule has 0 saturated carbocycles. The minimum atomic E-state index is 0.729. The predicted molar refractivity (Wildman–Crippen MR) is 94.3 cm³/mol. The third kappa shape index (κ3) is 3.30. The van der Waals surface area contributed by atoms with E-state index in [0.29, 0.717) is 0 Å². The van der Waals surface area contributed by atoms with Crippen LogP contribution in [0.3, 0.4) is 0 Å². The first-order valence-electron chi connectivity index (χ1n) is 6.96. The molecule has 4 heteroatoms. The van der Waals surface area contributed by atoms with Crippen LogP contribution in [0, 0.1) is 4.64 Å². The van der Waals surface area contributed by atoms with E-state index < -0.39 is 0 Å². The van der Waals surface area contributed by atoms with Crippen molar-refractivity contribution in [2.45, 2.75) is 0 Å². The third-order valence-electron chi connectivity index (χ3n) is 3.18. The second-order valence-electron chi connectivity index (χ2n) is 4.71. The average molecular weight is 305 g/mol. The van der Waals surface area contributed by atoms with Gasteiger partial charge in [0.1, 0.15) is 4.64 Å². The van der Waals surface area contributed by atoms with Gasteiger partial charge in [0, 0.05) is 17.4 Å². The van der Waals surface area contributed by atoms with E-state index >= 15 is 0 Å². The zero-order chi connectivity index (χ0) is 15.2. The molecule has 0 aliphatic heterocycles. The van der Waals surface area contributed by atoms with E-state index in [2.05, 4.69) is 10.5 Å². The molecule has 108 valence electrons. The lowest BCUT2D eigenvalue weighted by Gasteiger charge is -2.08. The summed E-state index contributed by atoms with van der Waals surface area (Å²) in [7, 11) is 0. The molecule has 1 aromatic heterocycles. The Morgan fingerprint density at radius 3 is 2.27 bits per heavy atom. The number of para-hydroxylation sites is 2. The van der Waals surface area contributed by atoms with Gasteiger partial charge in [-0.25, -0.2) is 0 Å². The highest BCUT2D eigenvalue weighted by Gasteiger charge is 1.99. The molecule has 0 radical (unpaired) electrons. The Labute approximate surface area is 134 Å². The van der Waals surface area contributed by atoms with E-state index in [1.54, 1.807) is 6.21 Å². The number of pyridine rings is 1. The van der Waals surface area contributed by atoms with Crippen molar-refractivity contribution in [3.05, 3.63) is 89.2 Å². The summed E-state index contributed by atoms with van der Waals surface area (Å²) >= 11 is 5.55. The van der Waals surface area contributed by atoms with Gasteiger partial charge in [0.2, 0.25) is 0 Å². The molecule has 1 N–H and O–H groups in total. The fourth-order valence-electron chi connectivity index (χ4n) is 2.09. The number of nitrogens with zero attached hydrogens (tertiary/aromatic N) is 2. The van der Waals surface area contributed by atoms with Gasteiger partial charge in [-0.2, -0.15) is 5.10 Å². The molecule has 0 unspecified atom stereocenters. The lowest BCUT2D eigenvalue weighted by atomic mass is 10.2. The second kappa shape index (κ2) is 6.83. The minimum absolute atomic E-state index is 0.729. The Morgan fingerprint density at radius 2 is 1.55 bits per heavy atom. The maximum absolute atomic E-state index is 5.55. The fourth-order valence-corrected chi connectivity index (χ4v) is 2.38. The van der Waals surface area contributed by atoms with Gasteiger partial charge < -0.3 is 4.57 Å². The molecular formula is C18H15N3S. The van der Waals surface area contributed by atoms with Crippen molar-refractivity contribution < 1.29 is 0 Å². The molecule has 0 fully saturated rings. The van der Waals surface area contributed by atoms with Crippen molar-refractivity contribution in [1.82, 2.24) is 4.57 Å². The van der Waals surface area contributed by atoms with Crippen molar-refractivity contribution in [2.75, 3.05) is 5.43 Å². The van der Waals surface area contributed by atoms with Crippen molar-refractivity contribution in [2.24, 2.45) is 5.10 Å². The van der Waals surface area contributed by atoms with E-state index in [-0.39, 0.29) is 0 Å². The van der Waals surface area contributed by atoms with Gasteiger partial charge in [0.15, 0.2) is 0 Å². The van der Waals surface area contributed by atoms with Gasteiger partial charge in [-0.3, -0.25) is 5.43 Å². The van der Waals surface area contributed by atoms with Crippen molar-refractivity contribution in [3.63, 3.8) is 0 Å². The van der Waals surface area contributed by atoms with E-state index in [4.69, 9.17) is 12.2 Å². The molecule has 0 saturated heterocycles. The van der Waals surface area contributed by atoms with E-state index in [1.807, 2.05) is 83.6 Å². The van der Waals surface area contributed by atoms with Crippen LogP contribution in [0.2, 0.25) is 0 Å². The zero-order valence-corrected chi connectivity index (χ0v) is 12.7. The molecule has 2 aromatic carbocycles. The smallest absolute Gasteiger partial charge is 0.119 e. The normalized spacial score (nSPS) is 10.7. The third-order valence-corrected chi connectivity index (χ3v) is 3.61. The summed E-state index contributed by atoms with van der Waals surface area (Å²) < 4.78 is 2.70. The van der Waals surface area contributed by atoms with Gasteiger partial charge in [0.25, 0.3) is 0 Å². The molecule has 0 amide bonds. The number of anilines is 1. The molecule has 0 aliphatic rings. The van der Waals surface area contributed by atoms with E-state index in [9.17, 15) is 0 Å². The molecule has 3 rings (SSSR count). The Morgan fingerprint density at radius 1 is 0.864 bits per heavy atom. The van der Waals surface area contributed by atoms with Crippen molar-refractivity contribution in [3.8, 4) is 5.69 Å². The maximum atomic E-state index is 5.55. The monoisotopic (exact) mass is 305 g/mol. The highest BCUT2D eigenvalue weighted by atomic mass is 32.1. The second-order valence-corrected chi connectivity index (χ2v) is 5.10. The quantitative estimate of drug-likeness (QED) is 0.432. The Bertz CT molecular complexity index is 824. The van der Waals surface area contributed by atoms with Gasteiger partial charge in [-0.05, 0) is 36.4 Å². The summed E-state index contributed by atoms with van der Waals surface area (Å²) in [5.74, 6) is 0. The highest BCUT2D eigenvalue weighted by molar-refractivity contribution is 7.71. The number of hydrazone groups is 1. The molecular weight excluding hydrogens is 290 g/mol. The van der Waals surface area contributed by atoms with Crippen LogP contribution in [0.4, 0.5) is 5.69 Å². The SMILES string of the molecule is S=c1c(/C=N/Nc2ccccc2)cccn1-c1ccccc1. The fraction of sp³-hybridized carbons (Fsp3) is 0. The number of nitrogens with one attached hydrogen (secondary N) is 1. The van der Waals surface area contributed by atoms with Crippen LogP contribution in [-0.2, 0) is 0 Å². The minimum Gasteiger partial charge on any atom is -0.308 e. The Balaban J connectivity index is 1.85. The molecule has 3 nitrogen and oxygen atoms in total. The average Bonchev–Trinajstić information content (AvgIpc) is 2.58. The van der Waals surface area contributed by atoms with Crippen LogP contribution in [0.25, 0.3) is 5.69 Å². The summed E-state index contributed by atoms with van der Waals surface area (Å²) in [4.78, 5) is 0. The summed E-state index contributed by atoms with van der Waals surface area (Å²) in [6.07, 6.45) is 3.70. The molecule has 0 aliphatic carbocycles. The lowest BCUT2D eigenvalue weighted by molar-refractivity contribution is 1.02. The standard InChI is InChI=1S/C18H15N3S/c22-18-15(14-19-20-16-9-3-1-4-10-16)8-7-13-21(18)17-11-5-2-6-12-17/h1-14,20H/b19-14+. The number of benzene rings is 2. The van der Waals surface area contributed by atoms with Crippen LogP contribution in [0.5, 0.6) is 0 Å². The number of hydrogen-bond donors (Lipinski definition) is 1. The molecule has 0 bridgehead atoms. The topological polar surface area (TPSA) is 29.3 Å². The first-order valence-corrected chi connectivity index (χ1v) is 7.36. The molecule has 0 spiro atoms. The van der Waals surface area contributed by atoms with Crippen LogP contribution in [0.1, 0.15) is 5.56 Å². The van der Waals surface area contributed by atoms with Gasteiger partial charge in [-0.15, -0.1) is 0 Å². The predicted octanol–water partition coefficient (Wildman–Crippen LogP) is 4.65. The van der Waals surface area contributed by atoms with E-state index in [0.717, 1.165) is 21.6 Å². The summed E-state index contributed by atoms with van der Waals surface area (Å²) in [6.45, 7) is 0.